The molecule has 2 bridgehead atoms. The van der Waals surface area contributed by atoms with E-state index in [-0.39, 0.29) is 48.6 Å². The van der Waals surface area contributed by atoms with Crippen LogP contribution < -0.4 is 0 Å². The van der Waals surface area contributed by atoms with E-state index in [1.807, 2.05) is 12.2 Å². The molecule has 0 radical (unpaired) electrons. The topological polar surface area (TPSA) is 63.7 Å². The molecule has 3 rings (SSSR count). The second-order valence-corrected chi connectivity index (χ2v) is 5.07. The molecular weight excluding hydrogens is 234 g/mol. The molecule has 1 heterocycles. The number of rotatable bonds is 3. The number of carbonyl (C=O) groups is 3. The number of nitrogens with zero attached hydrogens (tertiary/aromatic N) is 1. The first-order valence-electron chi connectivity index (χ1n) is 6.32. The zero-order valence-corrected chi connectivity index (χ0v) is 10.2. The van der Waals surface area contributed by atoms with Crippen LogP contribution in [0.4, 0.5) is 0 Å². The number of imide groups is 1. The van der Waals surface area contributed by atoms with Gasteiger partial charge in [0.15, 0.2) is 0 Å². The number of hydrogen-bond donors (Lipinski definition) is 0. The summed E-state index contributed by atoms with van der Waals surface area (Å²) in [6, 6.07) is 0. The molecule has 5 nitrogen and oxygen atoms in total. The number of hydrogen-bond acceptors (Lipinski definition) is 4. The highest BCUT2D eigenvalue weighted by Gasteiger charge is 2.59. The largest absolute Gasteiger partial charge is 0.465 e. The molecule has 0 aromatic heterocycles. The molecule has 0 aromatic rings. The Morgan fingerprint density at radius 2 is 1.83 bits per heavy atom. The van der Waals surface area contributed by atoms with Crippen molar-refractivity contribution in [2.75, 3.05) is 13.2 Å². The van der Waals surface area contributed by atoms with Crippen LogP contribution in [0.1, 0.15) is 13.3 Å². The van der Waals surface area contributed by atoms with Crippen molar-refractivity contribution in [1.29, 1.82) is 0 Å². The minimum absolute atomic E-state index is 0.184. The van der Waals surface area contributed by atoms with Crippen molar-refractivity contribution in [2.24, 2.45) is 23.7 Å². The summed E-state index contributed by atoms with van der Waals surface area (Å²) in [4.78, 5) is 36.9. The number of allylic oxidation sites excluding steroid dienone is 2. The molecule has 2 amide bonds. The Kier molecular flexibility index (Phi) is 2.50. The van der Waals surface area contributed by atoms with Gasteiger partial charge < -0.3 is 4.74 Å². The van der Waals surface area contributed by atoms with E-state index in [4.69, 9.17) is 4.74 Å². The Bertz CT molecular complexity index is 426. The predicted octanol–water partition coefficient (Wildman–Crippen LogP) is 0.357. The van der Waals surface area contributed by atoms with Crippen LogP contribution in [0.25, 0.3) is 0 Å². The van der Waals surface area contributed by atoms with Gasteiger partial charge in [-0.25, -0.2) is 0 Å². The summed E-state index contributed by atoms with van der Waals surface area (Å²) in [5.41, 5.74) is 0. The van der Waals surface area contributed by atoms with Crippen LogP contribution in [0.2, 0.25) is 0 Å². The monoisotopic (exact) mass is 249 g/mol. The van der Waals surface area contributed by atoms with Crippen molar-refractivity contribution in [2.45, 2.75) is 13.3 Å². The maximum absolute atomic E-state index is 12.2. The zero-order valence-electron chi connectivity index (χ0n) is 10.2. The minimum Gasteiger partial charge on any atom is -0.465 e. The molecule has 1 aliphatic heterocycles. The molecule has 2 aliphatic carbocycles. The van der Waals surface area contributed by atoms with E-state index in [1.54, 1.807) is 6.92 Å². The lowest BCUT2D eigenvalue weighted by Gasteiger charge is -2.15. The summed E-state index contributed by atoms with van der Waals surface area (Å²) in [6.45, 7) is 1.72. The summed E-state index contributed by atoms with van der Waals surface area (Å²) < 4.78 is 4.79. The number of esters is 1. The quantitative estimate of drug-likeness (QED) is 0.411. The molecule has 0 aromatic carbocycles. The summed E-state index contributed by atoms with van der Waals surface area (Å²) in [7, 11) is 0. The van der Waals surface area contributed by atoms with Crippen molar-refractivity contribution in [3.8, 4) is 0 Å². The van der Waals surface area contributed by atoms with E-state index in [0.29, 0.717) is 0 Å². The molecule has 18 heavy (non-hydrogen) atoms. The molecule has 2 fully saturated rings. The molecular formula is C13H15NO4. The van der Waals surface area contributed by atoms with Gasteiger partial charge in [0.25, 0.3) is 0 Å². The van der Waals surface area contributed by atoms with Crippen LogP contribution in [-0.4, -0.2) is 35.8 Å². The number of carbonyl (C=O) groups excluding carboxylic acids is 3. The summed E-state index contributed by atoms with van der Waals surface area (Å²) in [5, 5.41) is 0. The first-order valence-corrected chi connectivity index (χ1v) is 6.32. The minimum atomic E-state index is -0.514. The van der Waals surface area contributed by atoms with Crippen LogP contribution in [0, 0.1) is 23.7 Å². The molecule has 1 saturated carbocycles. The molecule has 5 heteroatoms. The second kappa shape index (κ2) is 3.93. The number of ether oxygens (including phenoxy) is 1. The van der Waals surface area contributed by atoms with Gasteiger partial charge in [-0.3, -0.25) is 19.3 Å². The highest BCUT2D eigenvalue weighted by atomic mass is 16.5. The Morgan fingerprint density at radius 1 is 1.28 bits per heavy atom. The van der Waals surface area contributed by atoms with Gasteiger partial charge in [-0.15, -0.1) is 0 Å². The highest BCUT2D eigenvalue weighted by molar-refractivity contribution is 6.08. The maximum Gasteiger partial charge on any atom is 0.326 e. The third-order valence-corrected chi connectivity index (χ3v) is 4.15. The van der Waals surface area contributed by atoms with Gasteiger partial charge in [-0.2, -0.15) is 0 Å². The Morgan fingerprint density at radius 3 is 2.33 bits per heavy atom. The first kappa shape index (κ1) is 11.4. The average molecular weight is 249 g/mol. The summed E-state index contributed by atoms with van der Waals surface area (Å²) in [6.07, 6.45) is 4.97. The van der Waals surface area contributed by atoms with Crippen molar-refractivity contribution in [3.63, 3.8) is 0 Å². The van der Waals surface area contributed by atoms with Gasteiger partial charge >= 0.3 is 5.97 Å². The van der Waals surface area contributed by atoms with Crippen LogP contribution in [0.5, 0.6) is 0 Å². The van der Waals surface area contributed by atoms with Crippen molar-refractivity contribution in [3.05, 3.63) is 12.2 Å². The fourth-order valence-electron chi connectivity index (χ4n) is 3.46. The molecule has 1 saturated heterocycles. The van der Waals surface area contributed by atoms with E-state index in [9.17, 15) is 14.4 Å². The fourth-order valence-corrected chi connectivity index (χ4v) is 3.46. The summed E-state index contributed by atoms with van der Waals surface area (Å²) in [5.74, 6) is -1.01. The normalized spacial score (nSPS) is 36.4. The first-order chi connectivity index (χ1) is 8.63. The standard InChI is InChI=1S/C13H15NO4/c1-2-18-9(15)6-14-12(16)10-7-3-4-8(5-7)11(10)13(14)17/h3-4,7-8,10-11H,2,5-6H2,1H3/t7-,8+,10-,11+. The van der Waals surface area contributed by atoms with Gasteiger partial charge in [-0.1, -0.05) is 12.2 Å². The SMILES string of the molecule is CCOC(=O)CN1C(=O)[C@@H]2[C@H](C1=O)[C@@H]1C=C[C@H]2C1. The lowest BCUT2D eigenvalue weighted by molar-refractivity contribution is -0.153. The number of amides is 2. The van der Waals surface area contributed by atoms with E-state index in [0.717, 1.165) is 11.3 Å². The van der Waals surface area contributed by atoms with Gasteiger partial charge in [0.2, 0.25) is 11.8 Å². The Labute approximate surface area is 105 Å². The molecule has 0 spiro atoms. The number of fused-ring (bicyclic) bond motifs is 5. The van der Waals surface area contributed by atoms with E-state index in [2.05, 4.69) is 0 Å². The van der Waals surface area contributed by atoms with Crippen molar-refractivity contribution in [1.82, 2.24) is 4.90 Å². The van der Waals surface area contributed by atoms with E-state index in [1.165, 1.54) is 0 Å². The van der Waals surface area contributed by atoms with Gasteiger partial charge in [0, 0.05) is 0 Å². The predicted molar refractivity (Wildman–Crippen MR) is 61.1 cm³/mol. The third-order valence-electron chi connectivity index (χ3n) is 4.15. The fraction of sp³-hybridized carbons (Fsp3) is 0.615. The van der Waals surface area contributed by atoms with Crippen LogP contribution >= 0.6 is 0 Å². The van der Waals surface area contributed by atoms with Crippen LogP contribution in [0.3, 0.4) is 0 Å². The molecule has 3 aliphatic rings. The lowest BCUT2D eigenvalue weighted by atomic mass is 9.85. The van der Waals surface area contributed by atoms with Gasteiger partial charge in [0.05, 0.1) is 18.4 Å². The highest BCUT2D eigenvalue weighted by Crippen LogP contribution is 2.52. The molecule has 0 N–H and O–H groups in total. The van der Waals surface area contributed by atoms with Crippen molar-refractivity contribution < 1.29 is 19.1 Å². The van der Waals surface area contributed by atoms with Gasteiger partial charge in [0.1, 0.15) is 6.54 Å². The smallest absolute Gasteiger partial charge is 0.326 e. The van der Waals surface area contributed by atoms with Crippen LogP contribution in [-0.2, 0) is 19.1 Å². The van der Waals surface area contributed by atoms with Crippen LogP contribution in [0.15, 0.2) is 12.2 Å². The van der Waals surface area contributed by atoms with E-state index >= 15 is 0 Å². The Hall–Kier alpha value is -1.65. The third kappa shape index (κ3) is 1.43. The maximum atomic E-state index is 12.2. The second-order valence-electron chi connectivity index (χ2n) is 5.07. The number of likely N-dealkylation sites (tertiary alicyclic amines) is 1. The lowest BCUT2D eigenvalue weighted by Crippen LogP contribution is -2.37. The zero-order chi connectivity index (χ0) is 12.9. The molecule has 0 unspecified atom stereocenters. The Balaban J connectivity index is 1.78. The summed E-state index contributed by atoms with van der Waals surface area (Å²) >= 11 is 0. The van der Waals surface area contributed by atoms with Crippen molar-refractivity contribution >= 4 is 17.8 Å². The molecule has 4 atom stereocenters. The van der Waals surface area contributed by atoms with E-state index < -0.39 is 5.97 Å². The molecule has 96 valence electrons. The average Bonchev–Trinajstić information content (AvgIpc) is 2.99. The van der Waals surface area contributed by atoms with Gasteiger partial charge in [-0.05, 0) is 25.2 Å².